The van der Waals surface area contributed by atoms with Crippen molar-refractivity contribution in [3.05, 3.63) is 59.3 Å². The van der Waals surface area contributed by atoms with Crippen LogP contribution >= 0.6 is 11.3 Å². The number of carbonyl (C=O) groups excluding carboxylic acids is 1. The Morgan fingerprint density at radius 1 is 1.19 bits per heavy atom. The monoisotopic (exact) mass is 382 g/mol. The van der Waals surface area contributed by atoms with Crippen LogP contribution in [0.1, 0.15) is 24.3 Å². The number of benzene rings is 1. The van der Waals surface area contributed by atoms with Crippen molar-refractivity contribution < 1.29 is 9.32 Å². The Bertz CT molecular complexity index is 855. The number of hydrogen-bond donors (Lipinski definition) is 1. The molecule has 0 spiro atoms. The molecule has 0 unspecified atom stereocenters. The summed E-state index contributed by atoms with van der Waals surface area (Å²) >= 11 is 1.56. The van der Waals surface area contributed by atoms with Gasteiger partial charge in [0.05, 0.1) is 11.4 Å². The lowest BCUT2D eigenvalue weighted by Crippen LogP contribution is -2.40. The van der Waals surface area contributed by atoms with Gasteiger partial charge in [0.2, 0.25) is 17.6 Å². The summed E-state index contributed by atoms with van der Waals surface area (Å²) in [6.45, 7) is 3.11. The Hall–Kier alpha value is -2.51. The SMILES string of the molecule is O=C(NCc1nc(-c2cccs2)no1)C1CCN(Cc2ccccc2)CC1. The number of nitrogens with one attached hydrogen (secondary N) is 1. The summed E-state index contributed by atoms with van der Waals surface area (Å²) < 4.78 is 5.23. The molecule has 1 aliphatic heterocycles. The van der Waals surface area contributed by atoms with E-state index in [0.717, 1.165) is 37.4 Å². The molecular weight excluding hydrogens is 360 g/mol. The Labute approximate surface area is 162 Å². The average Bonchev–Trinajstić information content (AvgIpc) is 3.39. The lowest BCUT2D eigenvalue weighted by molar-refractivity contribution is -0.126. The van der Waals surface area contributed by atoms with Crippen molar-refractivity contribution in [3.63, 3.8) is 0 Å². The highest BCUT2D eigenvalue weighted by atomic mass is 32.1. The van der Waals surface area contributed by atoms with E-state index in [2.05, 4.69) is 44.6 Å². The van der Waals surface area contributed by atoms with E-state index in [4.69, 9.17) is 4.52 Å². The minimum Gasteiger partial charge on any atom is -0.347 e. The number of rotatable bonds is 6. The van der Waals surface area contributed by atoms with Crippen LogP contribution in [0.15, 0.2) is 52.4 Å². The first-order valence-electron chi connectivity index (χ1n) is 9.18. The van der Waals surface area contributed by atoms with Gasteiger partial charge in [-0.25, -0.2) is 0 Å². The number of nitrogens with zero attached hydrogens (tertiary/aromatic N) is 3. The zero-order valence-corrected chi connectivity index (χ0v) is 15.8. The highest BCUT2D eigenvalue weighted by molar-refractivity contribution is 7.13. The summed E-state index contributed by atoms with van der Waals surface area (Å²) in [5.74, 6) is 1.14. The van der Waals surface area contributed by atoms with Crippen molar-refractivity contribution in [2.24, 2.45) is 5.92 Å². The summed E-state index contributed by atoms with van der Waals surface area (Å²) in [7, 11) is 0. The molecular formula is C20H22N4O2S. The maximum Gasteiger partial charge on any atom is 0.246 e. The second-order valence-electron chi connectivity index (χ2n) is 6.74. The summed E-state index contributed by atoms with van der Waals surface area (Å²) in [6.07, 6.45) is 1.76. The van der Waals surface area contributed by atoms with Crippen LogP contribution in [-0.4, -0.2) is 34.0 Å². The van der Waals surface area contributed by atoms with Gasteiger partial charge in [0.1, 0.15) is 0 Å². The quantitative estimate of drug-likeness (QED) is 0.708. The van der Waals surface area contributed by atoms with Crippen LogP contribution in [0, 0.1) is 5.92 Å². The standard InChI is InChI=1S/C20H22N4O2S/c25-20(21-13-18-22-19(23-26-18)17-7-4-12-27-17)16-8-10-24(11-9-16)14-15-5-2-1-3-6-15/h1-7,12,16H,8-11,13-14H2,(H,21,25). The second kappa shape index (κ2) is 8.45. The van der Waals surface area contributed by atoms with Gasteiger partial charge in [-0.2, -0.15) is 4.98 Å². The molecule has 0 aliphatic carbocycles. The number of aromatic nitrogens is 2. The number of thiophene rings is 1. The molecule has 1 aromatic carbocycles. The number of amides is 1. The Morgan fingerprint density at radius 2 is 2.00 bits per heavy atom. The maximum absolute atomic E-state index is 12.5. The topological polar surface area (TPSA) is 71.3 Å². The van der Waals surface area contributed by atoms with E-state index < -0.39 is 0 Å². The fourth-order valence-corrected chi connectivity index (χ4v) is 3.98. The molecule has 0 saturated carbocycles. The first-order chi connectivity index (χ1) is 13.3. The Kier molecular flexibility index (Phi) is 5.60. The van der Waals surface area contributed by atoms with E-state index in [0.29, 0.717) is 11.7 Å². The van der Waals surface area contributed by atoms with E-state index >= 15 is 0 Å². The van der Waals surface area contributed by atoms with Gasteiger partial charge < -0.3 is 9.84 Å². The van der Waals surface area contributed by atoms with E-state index in [1.54, 1.807) is 11.3 Å². The van der Waals surface area contributed by atoms with Crippen LogP contribution in [0.25, 0.3) is 10.7 Å². The van der Waals surface area contributed by atoms with Crippen molar-refractivity contribution in [1.29, 1.82) is 0 Å². The van der Waals surface area contributed by atoms with E-state index in [9.17, 15) is 4.79 Å². The number of likely N-dealkylation sites (tertiary alicyclic amines) is 1. The van der Waals surface area contributed by atoms with E-state index in [-0.39, 0.29) is 18.4 Å². The predicted octanol–water partition coefficient (Wildman–Crippen LogP) is 3.33. The molecule has 1 fully saturated rings. The van der Waals surface area contributed by atoms with Gasteiger partial charge in [-0.3, -0.25) is 9.69 Å². The molecule has 1 N–H and O–H groups in total. The van der Waals surface area contributed by atoms with Crippen molar-refractivity contribution >= 4 is 17.2 Å². The third-order valence-corrected chi connectivity index (χ3v) is 5.70. The zero-order valence-electron chi connectivity index (χ0n) is 15.0. The lowest BCUT2D eigenvalue weighted by Gasteiger charge is -2.31. The van der Waals surface area contributed by atoms with Crippen molar-refractivity contribution in [3.8, 4) is 10.7 Å². The molecule has 1 amide bonds. The van der Waals surface area contributed by atoms with Crippen LogP contribution in [0.4, 0.5) is 0 Å². The lowest BCUT2D eigenvalue weighted by atomic mass is 9.95. The van der Waals surface area contributed by atoms with Crippen LogP contribution < -0.4 is 5.32 Å². The van der Waals surface area contributed by atoms with Crippen LogP contribution in [0.2, 0.25) is 0 Å². The van der Waals surface area contributed by atoms with Gasteiger partial charge in [-0.1, -0.05) is 41.6 Å². The first-order valence-corrected chi connectivity index (χ1v) is 10.1. The largest absolute Gasteiger partial charge is 0.347 e. The third kappa shape index (κ3) is 4.61. The number of carbonyl (C=O) groups is 1. The Balaban J connectivity index is 1.23. The van der Waals surface area contributed by atoms with Crippen molar-refractivity contribution in [2.75, 3.05) is 13.1 Å². The first kappa shape index (κ1) is 17.9. The molecule has 3 aromatic rings. The minimum absolute atomic E-state index is 0.0525. The second-order valence-corrected chi connectivity index (χ2v) is 7.69. The maximum atomic E-state index is 12.5. The summed E-state index contributed by atoms with van der Waals surface area (Å²) in [6, 6.07) is 14.4. The summed E-state index contributed by atoms with van der Waals surface area (Å²) in [4.78, 5) is 20.2. The molecule has 1 aliphatic rings. The normalized spacial score (nSPS) is 15.7. The fourth-order valence-electron chi connectivity index (χ4n) is 3.33. The highest BCUT2D eigenvalue weighted by Crippen LogP contribution is 2.22. The third-order valence-electron chi connectivity index (χ3n) is 4.83. The molecule has 7 heteroatoms. The Morgan fingerprint density at radius 3 is 2.74 bits per heavy atom. The van der Waals surface area contributed by atoms with Crippen molar-refractivity contribution in [2.45, 2.75) is 25.9 Å². The van der Waals surface area contributed by atoms with Gasteiger partial charge >= 0.3 is 0 Å². The molecule has 1 saturated heterocycles. The van der Waals surface area contributed by atoms with Gasteiger partial charge in [0.25, 0.3) is 0 Å². The molecule has 0 atom stereocenters. The van der Waals surface area contributed by atoms with Crippen LogP contribution in [0.5, 0.6) is 0 Å². The predicted molar refractivity (Wildman–Crippen MR) is 104 cm³/mol. The number of hydrogen-bond acceptors (Lipinski definition) is 6. The molecule has 140 valence electrons. The molecule has 2 aromatic heterocycles. The van der Waals surface area contributed by atoms with E-state index in [1.807, 2.05) is 23.6 Å². The zero-order chi connectivity index (χ0) is 18.5. The molecule has 0 bridgehead atoms. The smallest absolute Gasteiger partial charge is 0.246 e. The van der Waals surface area contributed by atoms with Crippen LogP contribution in [0.3, 0.4) is 0 Å². The molecule has 6 nitrogen and oxygen atoms in total. The highest BCUT2D eigenvalue weighted by Gasteiger charge is 2.25. The van der Waals surface area contributed by atoms with Gasteiger partial charge in [-0.15, -0.1) is 11.3 Å². The molecule has 27 heavy (non-hydrogen) atoms. The van der Waals surface area contributed by atoms with Crippen molar-refractivity contribution in [1.82, 2.24) is 20.4 Å². The van der Waals surface area contributed by atoms with E-state index in [1.165, 1.54) is 5.56 Å². The molecule has 4 rings (SSSR count). The van der Waals surface area contributed by atoms with Gasteiger partial charge in [-0.05, 0) is 42.9 Å². The fraction of sp³-hybridized carbons (Fsp3) is 0.350. The minimum atomic E-state index is 0.0525. The van der Waals surface area contributed by atoms with Gasteiger partial charge in [0.15, 0.2) is 0 Å². The molecule has 0 radical (unpaired) electrons. The number of piperidine rings is 1. The average molecular weight is 382 g/mol. The summed E-state index contributed by atoms with van der Waals surface area (Å²) in [5, 5.41) is 8.88. The van der Waals surface area contributed by atoms with Crippen LogP contribution in [-0.2, 0) is 17.9 Å². The summed E-state index contributed by atoms with van der Waals surface area (Å²) in [5.41, 5.74) is 1.32. The van der Waals surface area contributed by atoms with Gasteiger partial charge in [0, 0.05) is 12.5 Å². The molecule has 3 heterocycles.